The highest BCUT2D eigenvalue weighted by Crippen LogP contribution is 2.23. The van der Waals surface area contributed by atoms with E-state index in [0.29, 0.717) is 5.92 Å². The Kier molecular flexibility index (Phi) is 7.79. The summed E-state index contributed by atoms with van der Waals surface area (Å²) < 4.78 is 0. The molecule has 1 saturated heterocycles. The lowest BCUT2D eigenvalue weighted by Gasteiger charge is -2.32. The van der Waals surface area contributed by atoms with Gasteiger partial charge in [0.25, 0.3) is 5.69 Å². The highest BCUT2D eigenvalue weighted by Gasteiger charge is 2.19. The second-order valence-corrected chi connectivity index (χ2v) is 6.05. The topological polar surface area (TPSA) is 66.6 Å². The molecule has 5 nitrogen and oxygen atoms in total. The molecule has 0 aromatic heterocycles. The van der Waals surface area contributed by atoms with Crippen LogP contribution in [0.1, 0.15) is 31.7 Å². The summed E-state index contributed by atoms with van der Waals surface area (Å²) in [6.07, 6.45) is 3.95. The zero-order valence-corrected chi connectivity index (χ0v) is 13.8. The van der Waals surface area contributed by atoms with Crippen molar-refractivity contribution in [2.45, 2.75) is 38.7 Å². The van der Waals surface area contributed by atoms with E-state index in [0.717, 1.165) is 45.3 Å². The number of hydrogen-bond acceptors (Lipinski definition) is 4. The van der Waals surface area contributed by atoms with Crippen LogP contribution in [0.4, 0.5) is 5.69 Å². The number of likely N-dealkylation sites (tertiary alicyclic amines) is 1. The Balaban J connectivity index is 0.00000242. The van der Waals surface area contributed by atoms with Crippen LogP contribution in [0.15, 0.2) is 24.3 Å². The van der Waals surface area contributed by atoms with Gasteiger partial charge in [0.1, 0.15) is 0 Å². The Morgan fingerprint density at radius 2 is 1.91 bits per heavy atom. The van der Waals surface area contributed by atoms with Gasteiger partial charge in [-0.1, -0.05) is 12.1 Å². The van der Waals surface area contributed by atoms with E-state index in [4.69, 9.17) is 0 Å². The summed E-state index contributed by atoms with van der Waals surface area (Å²) in [5.41, 5.74) is 1.34. The minimum atomic E-state index is -0.357. The molecule has 0 aliphatic carbocycles. The average molecular weight is 329 g/mol. The summed E-state index contributed by atoms with van der Waals surface area (Å²) in [4.78, 5) is 12.7. The smallest absolute Gasteiger partial charge is 0.269 e. The number of hydrogen-bond donors (Lipinski definition) is 1. The van der Waals surface area contributed by atoms with E-state index in [1.807, 2.05) is 19.1 Å². The van der Waals surface area contributed by atoms with Crippen molar-refractivity contribution in [2.24, 2.45) is 5.92 Å². The van der Waals surface area contributed by atoms with Gasteiger partial charge in [0, 0.05) is 18.7 Å². The van der Waals surface area contributed by atoms with Crippen LogP contribution < -0.4 is 0 Å². The molecule has 1 fully saturated rings. The van der Waals surface area contributed by atoms with E-state index in [2.05, 4.69) is 4.90 Å². The molecule has 1 unspecified atom stereocenters. The van der Waals surface area contributed by atoms with Crippen molar-refractivity contribution in [1.29, 1.82) is 0 Å². The maximum absolute atomic E-state index is 10.6. The number of piperidine rings is 1. The first-order chi connectivity index (χ1) is 10.0. The summed E-state index contributed by atoms with van der Waals surface area (Å²) in [6.45, 7) is 4.98. The largest absolute Gasteiger partial charge is 0.393 e. The van der Waals surface area contributed by atoms with Gasteiger partial charge in [-0.2, -0.15) is 0 Å². The lowest BCUT2D eigenvalue weighted by Crippen LogP contribution is -2.35. The third-order valence-corrected chi connectivity index (χ3v) is 4.24. The van der Waals surface area contributed by atoms with E-state index in [-0.39, 0.29) is 29.1 Å². The second kappa shape index (κ2) is 9.08. The fraction of sp³-hybridized carbons (Fsp3) is 0.625. The van der Waals surface area contributed by atoms with Gasteiger partial charge in [-0.05, 0) is 57.2 Å². The van der Waals surface area contributed by atoms with Crippen molar-refractivity contribution in [3.05, 3.63) is 39.9 Å². The van der Waals surface area contributed by atoms with Crippen LogP contribution in [-0.2, 0) is 6.42 Å². The first-order valence-electron chi connectivity index (χ1n) is 7.68. The normalized spacial score (nSPS) is 17.7. The maximum Gasteiger partial charge on any atom is 0.269 e. The molecule has 2 rings (SSSR count). The summed E-state index contributed by atoms with van der Waals surface area (Å²) in [6, 6.07) is 6.93. The average Bonchev–Trinajstić information content (AvgIpc) is 2.47. The Hall–Kier alpha value is -1.17. The minimum Gasteiger partial charge on any atom is -0.393 e. The number of non-ortho nitro benzene ring substituents is 1. The lowest BCUT2D eigenvalue weighted by molar-refractivity contribution is -0.384. The number of nitro benzene ring substituents is 1. The number of rotatable bonds is 6. The van der Waals surface area contributed by atoms with Gasteiger partial charge in [0.05, 0.1) is 11.0 Å². The van der Waals surface area contributed by atoms with Crippen LogP contribution >= 0.6 is 12.4 Å². The predicted octanol–water partition coefficient (Wildman–Crippen LogP) is 3.04. The van der Waals surface area contributed by atoms with Gasteiger partial charge in [-0.15, -0.1) is 12.4 Å². The molecule has 0 spiro atoms. The lowest BCUT2D eigenvalue weighted by atomic mass is 9.90. The van der Waals surface area contributed by atoms with Crippen LogP contribution in [0.5, 0.6) is 0 Å². The number of nitro groups is 1. The van der Waals surface area contributed by atoms with Crippen molar-refractivity contribution < 1.29 is 10.0 Å². The van der Waals surface area contributed by atoms with Gasteiger partial charge in [-0.3, -0.25) is 10.1 Å². The monoisotopic (exact) mass is 328 g/mol. The minimum absolute atomic E-state index is 0. The first-order valence-corrected chi connectivity index (χ1v) is 7.68. The van der Waals surface area contributed by atoms with Crippen molar-refractivity contribution in [3.63, 3.8) is 0 Å². The number of aliphatic hydroxyl groups excluding tert-OH is 1. The standard InChI is InChI=1S/C16H24N2O3.ClH/c1-13(19)6-9-17-10-7-15(8-11-17)12-14-2-4-16(5-3-14)18(20)21;/h2-5,13,15,19H,6-12H2,1H3;1H. The number of nitrogens with zero attached hydrogens (tertiary/aromatic N) is 2. The third-order valence-electron chi connectivity index (χ3n) is 4.24. The highest BCUT2D eigenvalue weighted by molar-refractivity contribution is 5.85. The van der Waals surface area contributed by atoms with Crippen molar-refractivity contribution in [3.8, 4) is 0 Å². The molecule has 1 aliphatic rings. The maximum atomic E-state index is 10.6. The highest BCUT2D eigenvalue weighted by atomic mass is 35.5. The molecule has 22 heavy (non-hydrogen) atoms. The van der Waals surface area contributed by atoms with Crippen LogP contribution in [0.2, 0.25) is 0 Å². The van der Waals surface area contributed by atoms with Crippen molar-refractivity contribution in [2.75, 3.05) is 19.6 Å². The third kappa shape index (κ3) is 5.91. The number of halogens is 1. The molecular weight excluding hydrogens is 304 g/mol. The Morgan fingerprint density at radius 1 is 1.32 bits per heavy atom. The molecule has 1 N–H and O–H groups in total. The van der Waals surface area contributed by atoms with E-state index in [1.165, 1.54) is 5.56 Å². The zero-order chi connectivity index (χ0) is 15.2. The summed E-state index contributed by atoms with van der Waals surface area (Å²) >= 11 is 0. The van der Waals surface area contributed by atoms with E-state index >= 15 is 0 Å². The fourth-order valence-electron chi connectivity index (χ4n) is 2.87. The molecule has 0 bridgehead atoms. The van der Waals surface area contributed by atoms with Gasteiger partial charge < -0.3 is 10.0 Å². The first kappa shape index (κ1) is 18.9. The van der Waals surface area contributed by atoms with Crippen LogP contribution in [0, 0.1) is 16.0 Å². The Morgan fingerprint density at radius 3 is 2.41 bits per heavy atom. The van der Waals surface area contributed by atoms with E-state index < -0.39 is 0 Å². The molecule has 1 atom stereocenters. The number of benzene rings is 1. The molecular formula is C16H25ClN2O3. The fourth-order valence-corrected chi connectivity index (χ4v) is 2.87. The van der Waals surface area contributed by atoms with Gasteiger partial charge in [0.15, 0.2) is 0 Å². The molecule has 6 heteroatoms. The summed E-state index contributed by atoms with van der Waals surface area (Å²) in [7, 11) is 0. The molecule has 1 aromatic rings. The molecule has 0 radical (unpaired) electrons. The summed E-state index contributed by atoms with van der Waals surface area (Å²) in [5, 5.41) is 19.9. The molecule has 124 valence electrons. The van der Waals surface area contributed by atoms with E-state index in [1.54, 1.807) is 12.1 Å². The van der Waals surface area contributed by atoms with Crippen LogP contribution in [-0.4, -0.2) is 40.7 Å². The van der Waals surface area contributed by atoms with Crippen LogP contribution in [0.25, 0.3) is 0 Å². The number of aliphatic hydroxyl groups is 1. The van der Waals surface area contributed by atoms with Crippen molar-refractivity contribution in [1.82, 2.24) is 4.90 Å². The van der Waals surface area contributed by atoms with E-state index in [9.17, 15) is 15.2 Å². The van der Waals surface area contributed by atoms with Gasteiger partial charge in [-0.25, -0.2) is 0 Å². The zero-order valence-electron chi connectivity index (χ0n) is 13.0. The molecule has 1 aromatic carbocycles. The quantitative estimate of drug-likeness (QED) is 0.644. The predicted molar refractivity (Wildman–Crippen MR) is 89.5 cm³/mol. The second-order valence-electron chi connectivity index (χ2n) is 6.05. The molecule has 0 amide bonds. The van der Waals surface area contributed by atoms with Crippen LogP contribution in [0.3, 0.4) is 0 Å². The molecule has 0 saturated carbocycles. The summed E-state index contributed by atoms with van der Waals surface area (Å²) in [5.74, 6) is 0.661. The van der Waals surface area contributed by atoms with Gasteiger partial charge in [0.2, 0.25) is 0 Å². The SMILES string of the molecule is CC(O)CCN1CCC(Cc2ccc([N+](=O)[O-])cc2)CC1.Cl. The molecule has 1 heterocycles. The van der Waals surface area contributed by atoms with Gasteiger partial charge >= 0.3 is 0 Å². The Bertz CT molecular complexity index is 457. The Labute approximate surface area is 137 Å². The molecule has 1 aliphatic heterocycles. The van der Waals surface area contributed by atoms with Crippen molar-refractivity contribution >= 4 is 18.1 Å².